The summed E-state index contributed by atoms with van der Waals surface area (Å²) in [5, 5.41) is 10.4. The molecule has 0 fully saturated rings. The quantitative estimate of drug-likeness (QED) is 0.882. The molecule has 0 aliphatic heterocycles. The lowest BCUT2D eigenvalue weighted by molar-refractivity contribution is 0.249. The van der Waals surface area contributed by atoms with Crippen LogP contribution in [0.4, 0.5) is 10.5 Å². The molecule has 0 aliphatic rings. The van der Waals surface area contributed by atoms with Crippen LogP contribution >= 0.6 is 0 Å². The molecule has 124 valence electrons. The van der Waals surface area contributed by atoms with E-state index in [0.29, 0.717) is 6.54 Å². The standard InChI is InChI=1S/C18H26N4O/c1-6-13(3)19-18(23)20-17-14(4)21-22(15(17)5)11-16-9-7-8-12(2)10-16/h7-10,13H,6,11H2,1-5H3,(H2,19,20,23)/t13-/m1/s1. The number of aromatic nitrogens is 2. The van der Waals surface area contributed by atoms with Gasteiger partial charge in [-0.3, -0.25) is 4.68 Å². The molecule has 0 saturated heterocycles. The molecule has 0 radical (unpaired) electrons. The molecule has 23 heavy (non-hydrogen) atoms. The molecule has 0 bridgehead atoms. The molecular weight excluding hydrogens is 288 g/mol. The van der Waals surface area contributed by atoms with E-state index in [1.54, 1.807) is 0 Å². The average molecular weight is 314 g/mol. The molecule has 0 unspecified atom stereocenters. The molecule has 2 rings (SSSR count). The van der Waals surface area contributed by atoms with E-state index in [0.717, 1.165) is 23.5 Å². The third-order valence-electron chi connectivity index (χ3n) is 4.02. The van der Waals surface area contributed by atoms with E-state index >= 15 is 0 Å². The van der Waals surface area contributed by atoms with Crippen molar-refractivity contribution in [3.8, 4) is 0 Å². The molecule has 1 aromatic heterocycles. The number of rotatable bonds is 5. The number of hydrogen-bond acceptors (Lipinski definition) is 2. The van der Waals surface area contributed by atoms with E-state index in [1.165, 1.54) is 11.1 Å². The van der Waals surface area contributed by atoms with Crippen LogP contribution in [0.5, 0.6) is 0 Å². The molecule has 1 heterocycles. The van der Waals surface area contributed by atoms with Crippen LogP contribution in [0.3, 0.4) is 0 Å². The van der Waals surface area contributed by atoms with Crippen LogP contribution in [0, 0.1) is 20.8 Å². The van der Waals surface area contributed by atoms with Gasteiger partial charge in [0, 0.05) is 6.04 Å². The Hall–Kier alpha value is -2.30. The summed E-state index contributed by atoms with van der Waals surface area (Å²) in [6, 6.07) is 8.34. The van der Waals surface area contributed by atoms with Gasteiger partial charge in [-0.25, -0.2) is 4.79 Å². The fourth-order valence-corrected chi connectivity index (χ4v) is 2.49. The minimum atomic E-state index is -0.180. The molecule has 0 saturated carbocycles. The van der Waals surface area contributed by atoms with Crippen molar-refractivity contribution < 1.29 is 4.79 Å². The predicted molar refractivity (Wildman–Crippen MR) is 93.9 cm³/mol. The highest BCUT2D eigenvalue weighted by Crippen LogP contribution is 2.20. The van der Waals surface area contributed by atoms with Gasteiger partial charge in [-0.1, -0.05) is 36.8 Å². The number of urea groups is 1. The maximum absolute atomic E-state index is 12.0. The number of carbonyl (C=O) groups is 1. The molecule has 5 nitrogen and oxygen atoms in total. The molecule has 1 aromatic carbocycles. The zero-order chi connectivity index (χ0) is 17.0. The van der Waals surface area contributed by atoms with Gasteiger partial charge in [0.15, 0.2) is 0 Å². The number of hydrogen-bond donors (Lipinski definition) is 2. The summed E-state index contributed by atoms with van der Waals surface area (Å²) < 4.78 is 1.93. The Morgan fingerprint density at radius 1 is 1.30 bits per heavy atom. The van der Waals surface area contributed by atoms with Crippen LogP contribution in [0.15, 0.2) is 24.3 Å². The van der Waals surface area contributed by atoms with E-state index in [4.69, 9.17) is 0 Å². The number of nitrogens with zero attached hydrogens (tertiary/aromatic N) is 2. The summed E-state index contributed by atoms with van der Waals surface area (Å²) in [5.74, 6) is 0. The van der Waals surface area contributed by atoms with Gasteiger partial charge in [-0.05, 0) is 39.7 Å². The monoisotopic (exact) mass is 314 g/mol. The second kappa shape index (κ2) is 7.31. The Bertz CT molecular complexity index is 690. The van der Waals surface area contributed by atoms with Gasteiger partial charge >= 0.3 is 6.03 Å². The van der Waals surface area contributed by atoms with E-state index < -0.39 is 0 Å². The van der Waals surface area contributed by atoms with E-state index in [9.17, 15) is 4.79 Å². The van der Waals surface area contributed by atoms with Crippen LogP contribution in [-0.2, 0) is 6.54 Å². The van der Waals surface area contributed by atoms with Gasteiger partial charge in [0.05, 0.1) is 23.6 Å². The number of nitrogens with one attached hydrogen (secondary N) is 2. The van der Waals surface area contributed by atoms with Crippen molar-refractivity contribution in [2.75, 3.05) is 5.32 Å². The maximum Gasteiger partial charge on any atom is 0.319 e. The smallest absolute Gasteiger partial charge is 0.319 e. The van der Waals surface area contributed by atoms with Crippen LogP contribution in [0.2, 0.25) is 0 Å². The summed E-state index contributed by atoms with van der Waals surface area (Å²) in [5.41, 5.74) is 5.01. The predicted octanol–water partition coefficient (Wildman–Crippen LogP) is 3.78. The number of amides is 2. The summed E-state index contributed by atoms with van der Waals surface area (Å²) in [6.07, 6.45) is 0.901. The Morgan fingerprint density at radius 3 is 2.70 bits per heavy atom. The zero-order valence-electron chi connectivity index (χ0n) is 14.6. The van der Waals surface area contributed by atoms with E-state index in [1.807, 2.05) is 32.4 Å². The van der Waals surface area contributed by atoms with Crippen molar-refractivity contribution in [1.82, 2.24) is 15.1 Å². The van der Waals surface area contributed by atoms with Crippen molar-refractivity contribution in [1.29, 1.82) is 0 Å². The van der Waals surface area contributed by atoms with Gasteiger partial charge in [0.1, 0.15) is 0 Å². The molecule has 0 spiro atoms. The first-order chi connectivity index (χ1) is 10.9. The highest BCUT2D eigenvalue weighted by Gasteiger charge is 2.15. The number of aryl methyl sites for hydroxylation is 2. The average Bonchev–Trinajstić information content (AvgIpc) is 2.74. The number of benzene rings is 1. The molecule has 5 heteroatoms. The first-order valence-corrected chi connectivity index (χ1v) is 8.07. The van der Waals surface area contributed by atoms with Crippen LogP contribution in [0.1, 0.15) is 42.8 Å². The SMILES string of the molecule is CC[C@@H](C)NC(=O)Nc1c(C)nn(Cc2cccc(C)c2)c1C. The first-order valence-electron chi connectivity index (χ1n) is 8.07. The summed E-state index contributed by atoms with van der Waals surface area (Å²) >= 11 is 0. The third kappa shape index (κ3) is 4.34. The Balaban J connectivity index is 2.14. The van der Waals surface area contributed by atoms with E-state index in [-0.39, 0.29) is 12.1 Å². The lowest BCUT2D eigenvalue weighted by Gasteiger charge is -2.13. The highest BCUT2D eigenvalue weighted by molar-refractivity contribution is 5.90. The Kier molecular flexibility index (Phi) is 5.42. The second-order valence-electron chi connectivity index (χ2n) is 6.10. The lowest BCUT2D eigenvalue weighted by atomic mass is 10.1. The summed E-state index contributed by atoms with van der Waals surface area (Å²) in [6.45, 7) is 10.7. The van der Waals surface area contributed by atoms with E-state index in [2.05, 4.69) is 46.9 Å². The fourth-order valence-electron chi connectivity index (χ4n) is 2.49. The summed E-state index contributed by atoms with van der Waals surface area (Å²) in [7, 11) is 0. The van der Waals surface area contributed by atoms with Crippen molar-refractivity contribution in [2.45, 2.75) is 53.6 Å². The molecular formula is C18H26N4O. The molecule has 2 amide bonds. The van der Waals surface area contributed by atoms with Crippen molar-refractivity contribution >= 4 is 11.7 Å². The first kappa shape index (κ1) is 17.1. The Morgan fingerprint density at radius 2 is 2.04 bits per heavy atom. The molecule has 1 atom stereocenters. The van der Waals surface area contributed by atoms with Gasteiger partial charge < -0.3 is 10.6 Å². The molecule has 2 N–H and O–H groups in total. The molecule has 2 aromatic rings. The minimum absolute atomic E-state index is 0.151. The van der Waals surface area contributed by atoms with Crippen molar-refractivity contribution in [3.05, 3.63) is 46.8 Å². The van der Waals surface area contributed by atoms with Gasteiger partial charge in [0.2, 0.25) is 0 Å². The Labute approximate surface area is 138 Å². The fraction of sp³-hybridized carbons (Fsp3) is 0.444. The maximum atomic E-state index is 12.0. The van der Waals surface area contributed by atoms with Gasteiger partial charge in [-0.2, -0.15) is 5.10 Å². The summed E-state index contributed by atoms with van der Waals surface area (Å²) in [4.78, 5) is 12.0. The van der Waals surface area contributed by atoms with Crippen molar-refractivity contribution in [3.63, 3.8) is 0 Å². The van der Waals surface area contributed by atoms with Crippen LogP contribution in [0.25, 0.3) is 0 Å². The van der Waals surface area contributed by atoms with Crippen LogP contribution < -0.4 is 10.6 Å². The van der Waals surface area contributed by atoms with Crippen LogP contribution in [-0.4, -0.2) is 21.9 Å². The second-order valence-corrected chi connectivity index (χ2v) is 6.10. The minimum Gasteiger partial charge on any atom is -0.335 e. The number of anilines is 1. The van der Waals surface area contributed by atoms with Gasteiger partial charge in [-0.15, -0.1) is 0 Å². The normalized spacial score (nSPS) is 12.0. The molecule has 0 aliphatic carbocycles. The van der Waals surface area contributed by atoms with Crippen molar-refractivity contribution in [2.24, 2.45) is 0 Å². The highest BCUT2D eigenvalue weighted by atomic mass is 16.2. The number of carbonyl (C=O) groups excluding carboxylic acids is 1. The third-order valence-corrected chi connectivity index (χ3v) is 4.02. The largest absolute Gasteiger partial charge is 0.335 e. The van der Waals surface area contributed by atoms with Gasteiger partial charge in [0.25, 0.3) is 0 Å². The topological polar surface area (TPSA) is 59.0 Å². The zero-order valence-corrected chi connectivity index (χ0v) is 14.6. The lowest BCUT2D eigenvalue weighted by Crippen LogP contribution is -2.35.